The Hall–Kier alpha value is -1.46. The molecular formula is C11H18N4O. The molecule has 1 aromatic rings. The zero-order valence-electron chi connectivity index (χ0n) is 9.68. The highest BCUT2D eigenvalue weighted by molar-refractivity contribution is 5.77. The summed E-state index contributed by atoms with van der Waals surface area (Å²) in [5, 5.41) is 0. The first kappa shape index (κ1) is 12.6. The normalized spacial score (nSPS) is 12.5. The van der Waals surface area contributed by atoms with Crippen molar-refractivity contribution in [2.45, 2.75) is 13.5 Å². The van der Waals surface area contributed by atoms with E-state index in [1.807, 2.05) is 37.1 Å². The zero-order chi connectivity index (χ0) is 12.0. The predicted molar refractivity (Wildman–Crippen MR) is 62.1 cm³/mol. The van der Waals surface area contributed by atoms with Crippen molar-refractivity contribution in [2.24, 2.45) is 11.8 Å². The second kappa shape index (κ2) is 6.19. The van der Waals surface area contributed by atoms with Crippen LogP contribution in [0.1, 0.15) is 12.6 Å². The Bertz CT molecular complexity index is 328. The van der Waals surface area contributed by atoms with E-state index in [4.69, 9.17) is 5.84 Å². The van der Waals surface area contributed by atoms with Gasteiger partial charge in [-0.25, -0.2) is 5.84 Å². The van der Waals surface area contributed by atoms with Gasteiger partial charge in [-0.2, -0.15) is 0 Å². The van der Waals surface area contributed by atoms with Crippen molar-refractivity contribution in [1.82, 2.24) is 15.3 Å². The molecule has 0 fully saturated rings. The molecule has 1 unspecified atom stereocenters. The average Bonchev–Trinajstić information content (AvgIpc) is 2.29. The first-order valence-corrected chi connectivity index (χ1v) is 5.22. The molecule has 1 atom stereocenters. The largest absolute Gasteiger partial charge is 0.300 e. The molecule has 1 rings (SSSR count). The van der Waals surface area contributed by atoms with Crippen molar-refractivity contribution in [3.05, 3.63) is 30.1 Å². The molecule has 1 heterocycles. The van der Waals surface area contributed by atoms with E-state index >= 15 is 0 Å². The van der Waals surface area contributed by atoms with E-state index in [1.165, 1.54) is 0 Å². The summed E-state index contributed by atoms with van der Waals surface area (Å²) in [7, 11) is 1.95. The highest BCUT2D eigenvalue weighted by Crippen LogP contribution is 2.03. The van der Waals surface area contributed by atoms with Crippen LogP contribution in [0.5, 0.6) is 0 Å². The number of hydrogen-bond acceptors (Lipinski definition) is 4. The van der Waals surface area contributed by atoms with E-state index in [0.717, 1.165) is 12.2 Å². The lowest BCUT2D eigenvalue weighted by molar-refractivity contribution is -0.125. The summed E-state index contributed by atoms with van der Waals surface area (Å²) in [5.74, 6) is 4.80. The molecule has 3 N–H and O–H groups in total. The standard InChI is InChI=1S/C11H18N4O/c1-9(11(16)14-12)7-15(2)8-10-5-3-4-6-13-10/h3-6,9H,7-8,12H2,1-2H3,(H,14,16). The number of aromatic nitrogens is 1. The molecular weight excluding hydrogens is 204 g/mol. The second-order valence-corrected chi connectivity index (χ2v) is 3.93. The van der Waals surface area contributed by atoms with Gasteiger partial charge in [0.05, 0.1) is 5.69 Å². The summed E-state index contributed by atoms with van der Waals surface area (Å²) in [6, 6.07) is 5.80. The van der Waals surface area contributed by atoms with Crippen LogP contribution in [0.25, 0.3) is 0 Å². The van der Waals surface area contributed by atoms with E-state index in [9.17, 15) is 4.79 Å². The molecule has 5 heteroatoms. The monoisotopic (exact) mass is 222 g/mol. The van der Waals surface area contributed by atoms with Gasteiger partial charge in [-0.1, -0.05) is 13.0 Å². The van der Waals surface area contributed by atoms with Gasteiger partial charge in [-0.3, -0.25) is 20.1 Å². The number of pyridine rings is 1. The lowest BCUT2D eigenvalue weighted by atomic mass is 10.1. The Morgan fingerprint density at radius 2 is 2.38 bits per heavy atom. The van der Waals surface area contributed by atoms with Crippen molar-refractivity contribution in [2.75, 3.05) is 13.6 Å². The van der Waals surface area contributed by atoms with Gasteiger partial charge in [0.25, 0.3) is 0 Å². The molecule has 0 bridgehead atoms. The summed E-state index contributed by atoms with van der Waals surface area (Å²) in [4.78, 5) is 17.5. The van der Waals surface area contributed by atoms with E-state index in [1.54, 1.807) is 6.20 Å². The van der Waals surface area contributed by atoms with Crippen LogP contribution in [0.4, 0.5) is 0 Å². The molecule has 0 saturated heterocycles. The van der Waals surface area contributed by atoms with Crippen molar-refractivity contribution in [3.63, 3.8) is 0 Å². The molecule has 88 valence electrons. The number of amides is 1. The first-order valence-electron chi connectivity index (χ1n) is 5.22. The number of hydrogen-bond donors (Lipinski definition) is 2. The molecule has 16 heavy (non-hydrogen) atoms. The number of hydrazine groups is 1. The van der Waals surface area contributed by atoms with Crippen LogP contribution in [0.15, 0.2) is 24.4 Å². The maximum Gasteiger partial charge on any atom is 0.237 e. The van der Waals surface area contributed by atoms with Crippen LogP contribution in [-0.2, 0) is 11.3 Å². The van der Waals surface area contributed by atoms with Crippen molar-refractivity contribution in [1.29, 1.82) is 0 Å². The van der Waals surface area contributed by atoms with Gasteiger partial charge in [0, 0.05) is 25.2 Å². The summed E-state index contributed by atoms with van der Waals surface area (Å²) in [6.45, 7) is 3.22. The Kier molecular flexibility index (Phi) is 4.88. The molecule has 0 radical (unpaired) electrons. The molecule has 0 aliphatic heterocycles. The summed E-state index contributed by atoms with van der Waals surface area (Å²) >= 11 is 0. The Labute approximate surface area is 95.6 Å². The van der Waals surface area contributed by atoms with Gasteiger partial charge >= 0.3 is 0 Å². The van der Waals surface area contributed by atoms with Crippen molar-refractivity contribution >= 4 is 5.91 Å². The highest BCUT2D eigenvalue weighted by Gasteiger charge is 2.13. The minimum absolute atomic E-state index is 0.126. The molecule has 0 aromatic carbocycles. The van der Waals surface area contributed by atoms with Gasteiger partial charge in [-0.15, -0.1) is 0 Å². The molecule has 5 nitrogen and oxygen atoms in total. The van der Waals surface area contributed by atoms with E-state index in [-0.39, 0.29) is 11.8 Å². The van der Waals surface area contributed by atoms with Gasteiger partial charge in [-0.05, 0) is 19.2 Å². The fourth-order valence-electron chi connectivity index (χ4n) is 1.53. The predicted octanol–water partition coefficient (Wildman–Crippen LogP) is 0.139. The third-order valence-corrected chi connectivity index (χ3v) is 2.33. The van der Waals surface area contributed by atoms with Gasteiger partial charge in [0.15, 0.2) is 0 Å². The Morgan fingerprint density at radius 1 is 1.62 bits per heavy atom. The minimum atomic E-state index is -0.145. The quantitative estimate of drug-likeness (QED) is 0.422. The van der Waals surface area contributed by atoms with Gasteiger partial charge in [0.1, 0.15) is 0 Å². The number of nitrogens with one attached hydrogen (secondary N) is 1. The van der Waals surface area contributed by atoms with Crippen LogP contribution in [0, 0.1) is 5.92 Å². The van der Waals surface area contributed by atoms with E-state index in [2.05, 4.69) is 10.4 Å². The first-order chi connectivity index (χ1) is 7.63. The van der Waals surface area contributed by atoms with Crippen LogP contribution in [0.2, 0.25) is 0 Å². The fourth-order valence-corrected chi connectivity index (χ4v) is 1.53. The third-order valence-electron chi connectivity index (χ3n) is 2.33. The average molecular weight is 222 g/mol. The van der Waals surface area contributed by atoms with Gasteiger partial charge in [0.2, 0.25) is 5.91 Å². The third kappa shape index (κ3) is 3.96. The van der Waals surface area contributed by atoms with Crippen LogP contribution in [-0.4, -0.2) is 29.4 Å². The summed E-state index contributed by atoms with van der Waals surface area (Å²) < 4.78 is 0. The molecule has 1 amide bonds. The number of carbonyl (C=O) groups excluding carboxylic acids is 1. The molecule has 0 aliphatic rings. The van der Waals surface area contributed by atoms with Crippen LogP contribution >= 0.6 is 0 Å². The molecule has 1 aromatic heterocycles. The SMILES string of the molecule is CC(CN(C)Cc1ccccn1)C(=O)NN. The minimum Gasteiger partial charge on any atom is -0.300 e. The van der Waals surface area contributed by atoms with E-state index < -0.39 is 0 Å². The number of nitrogens with zero attached hydrogens (tertiary/aromatic N) is 2. The summed E-state index contributed by atoms with van der Waals surface area (Å²) in [6.07, 6.45) is 1.76. The number of nitrogens with two attached hydrogens (primary N) is 1. The topological polar surface area (TPSA) is 71.2 Å². The van der Waals surface area contributed by atoms with Crippen molar-refractivity contribution < 1.29 is 4.79 Å². The Morgan fingerprint density at radius 3 is 2.94 bits per heavy atom. The van der Waals surface area contributed by atoms with Crippen LogP contribution in [0.3, 0.4) is 0 Å². The lowest BCUT2D eigenvalue weighted by Crippen LogP contribution is -2.39. The second-order valence-electron chi connectivity index (χ2n) is 3.93. The van der Waals surface area contributed by atoms with E-state index in [0.29, 0.717) is 6.54 Å². The van der Waals surface area contributed by atoms with Gasteiger partial charge < -0.3 is 0 Å². The molecule has 0 saturated carbocycles. The Balaban J connectivity index is 2.42. The maximum absolute atomic E-state index is 11.2. The smallest absolute Gasteiger partial charge is 0.237 e. The number of carbonyl (C=O) groups is 1. The zero-order valence-corrected chi connectivity index (χ0v) is 9.68. The fraction of sp³-hybridized carbons (Fsp3) is 0.455. The summed E-state index contributed by atoms with van der Waals surface area (Å²) in [5.41, 5.74) is 3.14. The molecule has 0 spiro atoms. The van der Waals surface area contributed by atoms with Crippen LogP contribution < -0.4 is 11.3 Å². The maximum atomic E-state index is 11.2. The molecule has 0 aliphatic carbocycles. The van der Waals surface area contributed by atoms with Crippen molar-refractivity contribution in [3.8, 4) is 0 Å². The number of rotatable bonds is 5. The highest BCUT2D eigenvalue weighted by atomic mass is 16.2. The lowest BCUT2D eigenvalue weighted by Gasteiger charge is -2.19.